The van der Waals surface area contributed by atoms with Crippen LogP contribution < -0.4 is 21.8 Å². The number of hydrogen-bond donors (Lipinski definition) is 4. The number of rotatable bonds is 4. The van der Waals surface area contributed by atoms with Crippen LogP contribution in [0.3, 0.4) is 0 Å². The maximum absolute atomic E-state index is 6.16. The Morgan fingerprint density at radius 1 is 0.964 bits per heavy atom. The van der Waals surface area contributed by atoms with Crippen molar-refractivity contribution in [3.05, 3.63) is 70.4 Å². The summed E-state index contributed by atoms with van der Waals surface area (Å²) in [6, 6.07) is 15.7. The second-order valence-electron chi connectivity index (χ2n) is 6.71. The number of fused-ring (bicyclic) bond motifs is 1. The first-order valence-corrected chi connectivity index (χ1v) is 9.51. The van der Waals surface area contributed by atoms with E-state index in [4.69, 9.17) is 21.6 Å². The van der Waals surface area contributed by atoms with Crippen LogP contribution >= 0.6 is 11.6 Å². The Morgan fingerprint density at radius 2 is 1.86 bits per heavy atom. The number of anilines is 2. The standard InChI is InChI=1S/C20H18ClN7/c21-14-4-1-3-13(11-14)18-23-17-6-2-5-16(17)20(24-18)22-15-9-7-12(8-10-15)19-25-27-28-26-19/h1,3-4,7-11,27-28H,2,5-6H2,(H,25,26)(H,22,23,24). The maximum atomic E-state index is 6.16. The van der Waals surface area contributed by atoms with Crippen LogP contribution in [0.2, 0.25) is 5.02 Å². The number of nitrogens with one attached hydrogen (secondary N) is 4. The molecule has 5 rings (SSSR count). The second kappa shape index (κ2) is 7.10. The maximum Gasteiger partial charge on any atom is 0.170 e. The third-order valence-corrected chi connectivity index (χ3v) is 5.08. The van der Waals surface area contributed by atoms with Crippen molar-refractivity contribution < 1.29 is 0 Å². The van der Waals surface area contributed by atoms with Gasteiger partial charge in [0.1, 0.15) is 5.82 Å². The minimum Gasteiger partial charge on any atom is -0.340 e. The van der Waals surface area contributed by atoms with E-state index in [-0.39, 0.29) is 0 Å². The number of benzene rings is 2. The van der Waals surface area contributed by atoms with Crippen molar-refractivity contribution in [1.29, 1.82) is 0 Å². The molecule has 2 aliphatic rings. The van der Waals surface area contributed by atoms with Gasteiger partial charge in [0.2, 0.25) is 0 Å². The Kier molecular flexibility index (Phi) is 4.31. The summed E-state index contributed by atoms with van der Waals surface area (Å²) in [6.45, 7) is 0. The smallest absolute Gasteiger partial charge is 0.170 e. The zero-order valence-corrected chi connectivity index (χ0v) is 15.7. The van der Waals surface area contributed by atoms with Gasteiger partial charge >= 0.3 is 0 Å². The first-order valence-electron chi connectivity index (χ1n) is 9.13. The highest BCUT2D eigenvalue weighted by atomic mass is 35.5. The number of hydrazone groups is 1. The molecule has 140 valence electrons. The zero-order valence-electron chi connectivity index (χ0n) is 15.0. The van der Waals surface area contributed by atoms with Gasteiger partial charge in [-0.15, -0.1) is 10.6 Å². The number of aromatic nitrogens is 2. The molecule has 0 unspecified atom stereocenters. The molecule has 0 amide bonds. The van der Waals surface area contributed by atoms with Crippen LogP contribution in [0.4, 0.5) is 11.5 Å². The molecule has 0 radical (unpaired) electrons. The molecule has 2 heterocycles. The summed E-state index contributed by atoms with van der Waals surface area (Å²) < 4.78 is 0. The van der Waals surface area contributed by atoms with Crippen molar-refractivity contribution in [2.24, 2.45) is 5.10 Å². The van der Waals surface area contributed by atoms with E-state index in [2.05, 4.69) is 26.9 Å². The minimum atomic E-state index is 0.680. The van der Waals surface area contributed by atoms with Gasteiger partial charge in [-0.25, -0.2) is 15.5 Å². The molecule has 2 aromatic carbocycles. The van der Waals surface area contributed by atoms with Gasteiger partial charge in [0.05, 0.1) is 0 Å². The lowest BCUT2D eigenvalue weighted by atomic mass is 10.1. The molecule has 8 heteroatoms. The van der Waals surface area contributed by atoms with Crippen LogP contribution in [0, 0.1) is 0 Å². The normalized spacial score (nSPS) is 14.8. The molecule has 0 spiro atoms. The molecule has 0 atom stereocenters. The van der Waals surface area contributed by atoms with Gasteiger partial charge in [0.25, 0.3) is 0 Å². The van der Waals surface area contributed by atoms with Crippen molar-refractivity contribution in [2.45, 2.75) is 19.3 Å². The Morgan fingerprint density at radius 3 is 2.64 bits per heavy atom. The molecule has 7 nitrogen and oxygen atoms in total. The summed E-state index contributed by atoms with van der Waals surface area (Å²) in [6.07, 6.45) is 3.07. The first-order chi connectivity index (χ1) is 13.8. The largest absolute Gasteiger partial charge is 0.340 e. The molecule has 0 fully saturated rings. The zero-order chi connectivity index (χ0) is 18.9. The lowest BCUT2D eigenvalue weighted by Gasteiger charge is -2.13. The molecular formula is C20H18ClN7. The van der Waals surface area contributed by atoms with E-state index >= 15 is 0 Å². The van der Waals surface area contributed by atoms with Gasteiger partial charge in [-0.2, -0.15) is 0 Å². The fourth-order valence-corrected chi connectivity index (χ4v) is 3.67. The summed E-state index contributed by atoms with van der Waals surface area (Å²) in [5, 5.41) is 8.26. The topological polar surface area (TPSA) is 86.3 Å². The molecule has 1 aliphatic heterocycles. The Balaban J connectivity index is 1.47. The Labute approximate surface area is 167 Å². The van der Waals surface area contributed by atoms with E-state index in [0.29, 0.717) is 10.8 Å². The lowest BCUT2D eigenvalue weighted by Crippen LogP contribution is -2.35. The molecule has 0 bridgehead atoms. The quantitative estimate of drug-likeness (QED) is 0.546. The number of nitrogens with zero attached hydrogens (tertiary/aromatic N) is 3. The lowest BCUT2D eigenvalue weighted by molar-refractivity contribution is 0.577. The highest BCUT2D eigenvalue weighted by Gasteiger charge is 2.20. The van der Waals surface area contributed by atoms with Crippen molar-refractivity contribution in [3.63, 3.8) is 0 Å². The Bertz CT molecular complexity index is 1060. The summed E-state index contributed by atoms with van der Waals surface area (Å²) in [5.74, 6) is 2.31. The predicted molar refractivity (Wildman–Crippen MR) is 110 cm³/mol. The van der Waals surface area contributed by atoms with E-state index in [0.717, 1.165) is 53.4 Å². The molecule has 3 aromatic rings. The molecule has 28 heavy (non-hydrogen) atoms. The summed E-state index contributed by atoms with van der Waals surface area (Å²) in [5.41, 5.74) is 13.5. The highest BCUT2D eigenvalue weighted by Crippen LogP contribution is 2.31. The second-order valence-corrected chi connectivity index (χ2v) is 7.15. The van der Waals surface area contributed by atoms with Gasteiger partial charge in [0, 0.05) is 33.1 Å². The van der Waals surface area contributed by atoms with E-state index in [1.807, 2.05) is 48.5 Å². The van der Waals surface area contributed by atoms with Crippen LogP contribution in [0.1, 0.15) is 23.2 Å². The van der Waals surface area contributed by atoms with E-state index in [9.17, 15) is 0 Å². The SMILES string of the molecule is Clc1cccc(-c2nc3c(c(Nc4ccc(C5=NNNN5)cc4)n2)CCC3)c1. The highest BCUT2D eigenvalue weighted by molar-refractivity contribution is 6.30. The molecule has 1 aliphatic carbocycles. The van der Waals surface area contributed by atoms with Crippen molar-refractivity contribution >= 4 is 28.9 Å². The predicted octanol–water partition coefficient (Wildman–Crippen LogP) is 3.30. The summed E-state index contributed by atoms with van der Waals surface area (Å²) >= 11 is 6.16. The molecule has 0 saturated carbocycles. The fourth-order valence-electron chi connectivity index (χ4n) is 3.48. The minimum absolute atomic E-state index is 0.680. The van der Waals surface area contributed by atoms with E-state index in [1.165, 1.54) is 5.56 Å². The van der Waals surface area contributed by atoms with Crippen LogP contribution in [0.5, 0.6) is 0 Å². The van der Waals surface area contributed by atoms with Crippen LogP contribution in [-0.2, 0) is 12.8 Å². The van der Waals surface area contributed by atoms with Gasteiger partial charge < -0.3 is 5.32 Å². The van der Waals surface area contributed by atoms with Gasteiger partial charge in [-0.05, 0) is 55.7 Å². The van der Waals surface area contributed by atoms with Crippen molar-refractivity contribution in [1.82, 2.24) is 26.5 Å². The number of aryl methyl sites for hydroxylation is 1. The number of halogens is 1. The van der Waals surface area contributed by atoms with Crippen molar-refractivity contribution in [3.8, 4) is 11.4 Å². The molecule has 1 aromatic heterocycles. The first kappa shape index (κ1) is 17.0. The number of hydrogen-bond acceptors (Lipinski definition) is 7. The van der Waals surface area contributed by atoms with E-state index in [1.54, 1.807) is 0 Å². The fraction of sp³-hybridized carbons (Fsp3) is 0.150. The van der Waals surface area contributed by atoms with Gasteiger partial charge in [-0.1, -0.05) is 23.7 Å². The third kappa shape index (κ3) is 3.26. The van der Waals surface area contributed by atoms with Gasteiger partial charge in [-0.3, -0.25) is 5.43 Å². The van der Waals surface area contributed by atoms with Crippen LogP contribution in [0.15, 0.2) is 53.6 Å². The average Bonchev–Trinajstić information content (AvgIpc) is 3.40. The van der Waals surface area contributed by atoms with Crippen LogP contribution in [-0.4, -0.2) is 15.8 Å². The van der Waals surface area contributed by atoms with Crippen LogP contribution in [0.25, 0.3) is 11.4 Å². The molecular weight excluding hydrogens is 374 g/mol. The summed E-state index contributed by atoms with van der Waals surface area (Å²) in [4.78, 5) is 9.60. The van der Waals surface area contributed by atoms with Crippen molar-refractivity contribution in [2.75, 3.05) is 5.32 Å². The van der Waals surface area contributed by atoms with E-state index < -0.39 is 0 Å². The molecule has 4 N–H and O–H groups in total. The molecule has 0 saturated heterocycles. The van der Waals surface area contributed by atoms with Gasteiger partial charge in [0.15, 0.2) is 11.7 Å². The third-order valence-electron chi connectivity index (χ3n) is 4.84. The summed E-state index contributed by atoms with van der Waals surface area (Å²) in [7, 11) is 0. The average molecular weight is 392 g/mol. The monoisotopic (exact) mass is 391 g/mol. The number of amidine groups is 1. The number of hydrazine groups is 2. The Hall–Kier alpha value is -3.16.